The molecule has 5 heteroatoms. The maximum Gasteiger partial charge on any atom is 0.205 e. The predicted octanol–water partition coefficient (Wildman–Crippen LogP) is 1.08. The number of anilines is 1. The van der Waals surface area contributed by atoms with Gasteiger partial charge in [-0.2, -0.15) is 11.8 Å². The zero-order chi connectivity index (χ0) is 11.6. The van der Waals surface area contributed by atoms with Crippen molar-refractivity contribution in [2.75, 3.05) is 30.8 Å². The van der Waals surface area contributed by atoms with Crippen molar-refractivity contribution in [1.82, 2.24) is 9.55 Å². The molecule has 4 nitrogen and oxygen atoms in total. The minimum atomic E-state index is 0.293. The Bertz CT molecular complexity index is 336. The summed E-state index contributed by atoms with van der Waals surface area (Å²) in [5.41, 5.74) is 5.88. The topological polar surface area (TPSA) is 47.1 Å². The van der Waals surface area contributed by atoms with Crippen LogP contribution < -0.4 is 10.6 Å². The molecule has 1 fully saturated rings. The van der Waals surface area contributed by atoms with E-state index in [9.17, 15) is 0 Å². The first-order valence-electron chi connectivity index (χ1n) is 5.68. The summed E-state index contributed by atoms with van der Waals surface area (Å²) in [5, 5.41) is 0. The molecule has 0 bridgehead atoms. The van der Waals surface area contributed by atoms with Crippen LogP contribution in [0.4, 0.5) is 5.95 Å². The van der Waals surface area contributed by atoms with Crippen molar-refractivity contribution < 1.29 is 0 Å². The lowest BCUT2D eigenvalue weighted by molar-refractivity contribution is 0.451. The third-order valence-electron chi connectivity index (χ3n) is 3.56. The molecule has 90 valence electrons. The summed E-state index contributed by atoms with van der Waals surface area (Å²) in [6.07, 6.45) is 8.32. The smallest absolute Gasteiger partial charge is 0.205 e. The van der Waals surface area contributed by atoms with E-state index < -0.39 is 0 Å². The molecule has 1 saturated heterocycles. The maximum atomic E-state index is 5.88. The van der Waals surface area contributed by atoms with E-state index in [0.29, 0.717) is 4.75 Å². The Balaban J connectivity index is 2.03. The number of aromatic nitrogens is 2. The van der Waals surface area contributed by atoms with Crippen LogP contribution in [0.3, 0.4) is 0 Å². The molecule has 0 unspecified atom stereocenters. The monoisotopic (exact) mass is 240 g/mol. The lowest BCUT2D eigenvalue weighted by atomic mass is 9.96. The Labute approximate surface area is 101 Å². The van der Waals surface area contributed by atoms with Gasteiger partial charge in [0, 0.05) is 43.8 Å². The van der Waals surface area contributed by atoms with Gasteiger partial charge in [-0.25, -0.2) is 4.98 Å². The van der Waals surface area contributed by atoms with Crippen molar-refractivity contribution in [1.29, 1.82) is 0 Å². The lowest BCUT2D eigenvalue weighted by Crippen LogP contribution is -2.47. The molecule has 0 aliphatic carbocycles. The van der Waals surface area contributed by atoms with E-state index in [1.165, 1.54) is 0 Å². The minimum Gasteiger partial charge on any atom is -0.342 e. The van der Waals surface area contributed by atoms with E-state index in [4.69, 9.17) is 5.73 Å². The molecule has 1 aromatic rings. The Kier molecular flexibility index (Phi) is 3.44. The summed E-state index contributed by atoms with van der Waals surface area (Å²) >= 11 is 1.92. The second-order valence-electron chi connectivity index (χ2n) is 4.42. The summed E-state index contributed by atoms with van der Waals surface area (Å²) in [6, 6.07) is 0. The molecule has 2 N–H and O–H groups in total. The number of nitrogens with two attached hydrogens (primary N) is 1. The Morgan fingerprint density at radius 3 is 2.62 bits per heavy atom. The Morgan fingerprint density at radius 2 is 2.19 bits per heavy atom. The molecule has 0 aromatic carbocycles. The van der Waals surface area contributed by atoms with Crippen molar-refractivity contribution >= 4 is 17.7 Å². The molecule has 0 spiro atoms. The van der Waals surface area contributed by atoms with E-state index in [0.717, 1.165) is 38.4 Å². The van der Waals surface area contributed by atoms with Crippen LogP contribution in [0.15, 0.2) is 12.4 Å². The van der Waals surface area contributed by atoms with E-state index >= 15 is 0 Å². The third kappa shape index (κ3) is 2.06. The number of rotatable bonds is 3. The number of nitrogens with zero attached hydrogens (tertiary/aromatic N) is 3. The molecule has 16 heavy (non-hydrogen) atoms. The number of hydrogen-bond acceptors (Lipinski definition) is 4. The molecule has 0 atom stereocenters. The van der Waals surface area contributed by atoms with Crippen LogP contribution in [0, 0.1) is 0 Å². The highest BCUT2D eigenvalue weighted by molar-refractivity contribution is 8.00. The van der Waals surface area contributed by atoms with Gasteiger partial charge in [-0.15, -0.1) is 0 Å². The van der Waals surface area contributed by atoms with Crippen molar-refractivity contribution in [2.24, 2.45) is 12.8 Å². The standard InChI is InChI=1S/C11H20N4S/c1-14-8-5-13-10(14)15-6-3-11(9-12,16-2)4-7-15/h5,8H,3-4,6-7,9,12H2,1-2H3. The molecular formula is C11H20N4S. The summed E-state index contributed by atoms with van der Waals surface area (Å²) in [4.78, 5) is 6.74. The van der Waals surface area contributed by atoms with Crippen LogP contribution in [0.2, 0.25) is 0 Å². The fourth-order valence-corrected chi connectivity index (χ4v) is 3.03. The van der Waals surface area contributed by atoms with E-state index in [-0.39, 0.29) is 0 Å². The van der Waals surface area contributed by atoms with Crippen LogP contribution in [0.25, 0.3) is 0 Å². The van der Waals surface area contributed by atoms with Gasteiger partial charge >= 0.3 is 0 Å². The van der Waals surface area contributed by atoms with Crippen molar-refractivity contribution in [3.05, 3.63) is 12.4 Å². The van der Waals surface area contributed by atoms with Crippen LogP contribution in [0.1, 0.15) is 12.8 Å². The Morgan fingerprint density at radius 1 is 1.50 bits per heavy atom. The summed E-state index contributed by atoms with van der Waals surface area (Å²) in [6.45, 7) is 2.90. The van der Waals surface area contributed by atoms with Crippen LogP contribution in [0.5, 0.6) is 0 Å². The maximum absolute atomic E-state index is 5.88. The minimum absolute atomic E-state index is 0.293. The van der Waals surface area contributed by atoms with Crippen molar-refractivity contribution in [2.45, 2.75) is 17.6 Å². The number of thioether (sulfide) groups is 1. The fraction of sp³-hybridized carbons (Fsp3) is 0.727. The number of hydrogen-bond donors (Lipinski definition) is 1. The zero-order valence-electron chi connectivity index (χ0n) is 10.0. The molecule has 1 aromatic heterocycles. The number of imidazole rings is 1. The van der Waals surface area contributed by atoms with E-state index in [2.05, 4.69) is 20.7 Å². The summed E-state index contributed by atoms with van der Waals surface area (Å²) in [7, 11) is 2.04. The van der Waals surface area contributed by atoms with Gasteiger partial charge in [0.15, 0.2) is 0 Å². The molecule has 1 aliphatic rings. The summed E-state index contributed by atoms with van der Waals surface area (Å²) < 4.78 is 2.37. The molecule has 0 amide bonds. The average Bonchev–Trinajstić information content (AvgIpc) is 2.76. The molecule has 0 saturated carbocycles. The van der Waals surface area contributed by atoms with Gasteiger partial charge < -0.3 is 15.2 Å². The van der Waals surface area contributed by atoms with Gasteiger partial charge in [0.05, 0.1) is 0 Å². The second kappa shape index (κ2) is 4.67. The normalized spacial score (nSPS) is 20.1. The highest BCUT2D eigenvalue weighted by atomic mass is 32.2. The molecule has 1 aliphatic heterocycles. The molecule has 2 heterocycles. The molecule has 0 radical (unpaired) electrons. The molecule has 2 rings (SSSR count). The largest absolute Gasteiger partial charge is 0.342 e. The highest BCUT2D eigenvalue weighted by Gasteiger charge is 2.33. The van der Waals surface area contributed by atoms with Crippen LogP contribution in [-0.4, -0.2) is 40.2 Å². The number of aryl methyl sites for hydroxylation is 1. The highest BCUT2D eigenvalue weighted by Crippen LogP contribution is 2.34. The van der Waals surface area contributed by atoms with Gasteiger partial charge in [-0.3, -0.25) is 0 Å². The Hall–Kier alpha value is -0.680. The van der Waals surface area contributed by atoms with E-state index in [1.807, 2.05) is 31.2 Å². The third-order valence-corrected chi connectivity index (χ3v) is 5.00. The van der Waals surface area contributed by atoms with E-state index in [1.54, 1.807) is 0 Å². The van der Waals surface area contributed by atoms with Gasteiger partial charge in [0.1, 0.15) is 0 Å². The number of piperidine rings is 1. The first kappa shape index (κ1) is 11.8. The fourth-order valence-electron chi connectivity index (χ4n) is 2.27. The van der Waals surface area contributed by atoms with Crippen LogP contribution >= 0.6 is 11.8 Å². The summed E-state index contributed by atoms with van der Waals surface area (Å²) in [5.74, 6) is 1.08. The lowest BCUT2D eigenvalue weighted by Gasteiger charge is -2.40. The predicted molar refractivity (Wildman–Crippen MR) is 70.0 cm³/mol. The van der Waals surface area contributed by atoms with Gasteiger partial charge in [-0.05, 0) is 19.1 Å². The van der Waals surface area contributed by atoms with Crippen molar-refractivity contribution in [3.63, 3.8) is 0 Å². The molecular weight excluding hydrogens is 220 g/mol. The van der Waals surface area contributed by atoms with Gasteiger partial charge in [0.2, 0.25) is 5.95 Å². The quantitative estimate of drug-likeness (QED) is 0.859. The van der Waals surface area contributed by atoms with Crippen LogP contribution in [-0.2, 0) is 7.05 Å². The van der Waals surface area contributed by atoms with Crippen molar-refractivity contribution in [3.8, 4) is 0 Å². The van der Waals surface area contributed by atoms with Gasteiger partial charge in [-0.1, -0.05) is 0 Å². The second-order valence-corrected chi connectivity index (χ2v) is 5.69. The first-order valence-corrected chi connectivity index (χ1v) is 6.91. The SMILES string of the molecule is CSC1(CN)CCN(c2nccn2C)CC1. The zero-order valence-corrected chi connectivity index (χ0v) is 10.8. The average molecular weight is 240 g/mol. The first-order chi connectivity index (χ1) is 7.71. The van der Waals surface area contributed by atoms with Gasteiger partial charge in [0.25, 0.3) is 0 Å².